The summed E-state index contributed by atoms with van der Waals surface area (Å²) >= 11 is 1.96. The van der Waals surface area contributed by atoms with Crippen molar-refractivity contribution < 1.29 is 18.7 Å². The van der Waals surface area contributed by atoms with Crippen molar-refractivity contribution in [2.24, 2.45) is 5.92 Å². The largest absolute Gasteiger partial charge is 0.444 e. The molecular formula is C21H25FN2O3S. The van der Waals surface area contributed by atoms with E-state index in [1.165, 1.54) is 11.0 Å². The Labute approximate surface area is 168 Å². The number of hydrogen-bond acceptors (Lipinski definition) is 5. The van der Waals surface area contributed by atoms with Crippen LogP contribution in [0.15, 0.2) is 18.2 Å². The molecule has 1 aliphatic carbocycles. The van der Waals surface area contributed by atoms with Crippen LogP contribution in [0.2, 0.25) is 0 Å². The summed E-state index contributed by atoms with van der Waals surface area (Å²) in [5.74, 6) is 2.34. The smallest absolute Gasteiger partial charge is 0.414 e. The zero-order chi connectivity index (χ0) is 19.3. The maximum Gasteiger partial charge on any atom is 0.414 e. The van der Waals surface area contributed by atoms with E-state index in [0.717, 1.165) is 37.2 Å². The number of Topliss-reactive ketones (excluding diaryl/α,β-unsaturated/α-hetero) is 1. The minimum absolute atomic E-state index is 0.235. The molecular weight excluding hydrogens is 379 g/mol. The summed E-state index contributed by atoms with van der Waals surface area (Å²) in [6.07, 6.45) is 4.50. The summed E-state index contributed by atoms with van der Waals surface area (Å²) in [7, 11) is 0. The number of thioether (sulfide) groups is 1. The Morgan fingerprint density at radius 1 is 1.18 bits per heavy atom. The van der Waals surface area contributed by atoms with Crippen LogP contribution in [0.5, 0.6) is 0 Å². The lowest BCUT2D eigenvalue weighted by Gasteiger charge is -2.36. The fourth-order valence-corrected chi connectivity index (χ4v) is 6.03. The molecule has 3 aliphatic heterocycles. The molecule has 0 radical (unpaired) electrons. The van der Waals surface area contributed by atoms with Gasteiger partial charge < -0.3 is 9.64 Å². The molecule has 3 heterocycles. The first-order valence-electron chi connectivity index (χ1n) is 10.3. The summed E-state index contributed by atoms with van der Waals surface area (Å²) in [4.78, 5) is 27.9. The number of nitrogens with zero attached hydrogens (tertiary/aromatic N) is 2. The molecule has 2 unspecified atom stereocenters. The van der Waals surface area contributed by atoms with Crippen LogP contribution in [0.4, 0.5) is 20.6 Å². The first-order valence-corrected chi connectivity index (χ1v) is 11.4. The first kappa shape index (κ1) is 18.3. The van der Waals surface area contributed by atoms with Crippen molar-refractivity contribution in [1.29, 1.82) is 0 Å². The summed E-state index contributed by atoms with van der Waals surface area (Å²) in [6.45, 7) is 0.376. The Hall–Kier alpha value is -1.76. The van der Waals surface area contributed by atoms with Gasteiger partial charge in [0.15, 0.2) is 0 Å². The van der Waals surface area contributed by atoms with Gasteiger partial charge in [0, 0.05) is 35.9 Å². The van der Waals surface area contributed by atoms with Crippen molar-refractivity contribution in [3.8, 4) is 0 Å². The van der Waals surface area contributed by atoms with Gasteiger partial charge in [-0.15, -0.1) is 0 Å². The van der Waals surface area contributed by atoms with Gasteiger partial charge in [-0.2, -0.15) is 11.8 Å². The van der Waals surface area contributed by atoms with Crippen LogP contribution in [-0.2, 0) is 9.53 Å². The Balaban J connectivity index is 1.26. The summed E-state index contributed by atoms with van der Waals surface area (Å²) in [5, 5.41) is 0. The number of anilines is 2. The van der Waals surface area contributed by atoms with Crippen molar-refractivity contribution in [1.82, 2.24) is 0 Å². The lowest BCUT2D eigenvalue weighted by molar-refractivity contribution is -0.120. The van der Waals surface area contributed by atoms with Gasteiger partial charge in [0.25, 0.3) is 0 Å². The van der Waals surface area contributed by atoms with Gasteiger partial charge in [-0.25, -0.2) is 9.18 Å². The molecule has 0 spiro atoms. The number of amides is 1. The summed E-state index contributed by atoms with van der Waals surface area (Å²) in [5.41, 5.74) is 1.18. The molecule has 4 aliphatic rings. The van der Waals surface area contributed by atoms with Gasteiger partial charge in [0.1, 0.15) is 17.7 Å². The lowest BCUT2D eigenvalue weighted by Crippen LogP contribution is -2.43. The van der Waals surface area contributed by atoms with Crippen LogP contribution in [0.25, 0.3) is 0 Å². The fraction of sp³-hybridized carbons (Fsp3) is 0.619. The Kier molecular flexibility index (Phi) is 4.73. The summed E-state index contributed by atoms with van der Waals surface area (Å²) in [6, 6.07) is 5.90. The van der Waals surface area contributed by atoms with E-state index < -0.39 is 6.09 Å². The molecule has 5 rings (SSSR count). The number of ketones is 1. The first-order chi connectivity index (χ1) is 13.6. The standard InChI is InChI=1S/C21H25FN2O3S/c22-18-9-14(5-7-19(18)24-15-3-4-16(24)12-28-11-15)23-10-17(27-21(23)26)6-8-20(25)13-1-2-13/h5,7,9,13,15-17H,1-4,6,8,10-12H2/t15?,16?,17-/m0/s1. The molecule has 150 valence electrons. The molecule has 3 saturated heterocycles. The maximum absolute atomic E-state index is 15.0. The molecule has 1 aromatic rings. The molecule has 3 atom stereocenters. The van der Waals surface area contributed by atoms with Crippen molar-refractivity contribution in [2.75, 3.05) is 27.9 Å². The number of halogens is 1. The Bertz CT molecular complexity index is 784. The van der Waals surface area contributed by atoms with Crippen LogP contribution < -0.4 is 9.80 Å². The van der Waals surface area contributed by atoms with E-state index in [0.29, 0.717) is 42.8 Å². The molecule has 0 aromatic heterocycles. The minimum atomic E-state index is -0.453. The highest BCUT2D eigenvalue weighted by molar-refractivity contribution is 7.99. The molecule has 0 N–H and O–H groups in total. The number of benzene rings is 1. The molecule has 1 saturated carbocycles. The van der Waals surface area contributed by atoms with E-state index in [1.54, 1.807) is 0 Å². The van der Waals surface area contributed by atoms with Crippen LogP contribution in [0.1, 0.15) is 38.5 Å². The quantitative estimate of drug-likeness (QED) is 0.717. The SMILES string of the molecule is O=C(CC[C@H]1CN(c2ccc(N3C4CCC3CSC4)c(F)c2)C(=O)O1)C1CC1. The number of rotatable bonds is 6. The van der Waals surface area contributed by atoms with Gasteiger partial charge in [-0.3, -0.25) is 9.69 Å². The van der Waals surface area contributed by atoms with E-state index in [-0.39, 0.29) is 23.6 Å². The second kappa shape index (κ2) is 7.25. The third-order valence-electron chi connectivity index (χ3n) is 6.38. The topological polar surface area (TPSA) is 49.9 Å². The number of cyclic esters (lactones) is 1. The highest BCUT2D eigenvalue weighted by atomic mass is 32.2. The zero-order valence-electron chi connectivity index (χ0n) is 15.8. The normalized spacial score (nSPS) is 29.3. The van der Waals surface area contributed by atoms with Gasteiger partial charge in [-0.1, -0.05) is 0 Å². The summed E-state index contributed by atoms with van der Waals surface area (Å²) < 4.78 is 20.4. The molecule has 7 heteroatoms. The van der Waals surface area contributed by atoms with Crippen LogP contribution in [0, 0.1) is 11.7 Å². The third-order valence-corrected chi connectivity index (χ3v) is 7.62. The van der Waals surface area contributed by atoms with Crippen molar-refractivity contribution in [3.63, 3.8) is 0 Å². The minimum Gasteiger partial charge on any atom is -0.444 e. The van der Waals surface area contributed by atoms with E-state index in [4.69, 9.17) is 4.74 Å². The lowest BCUT2D eigenvalue weighted by atomic mass is 10.1. The second-order valence-electron chi connectivity index (χ2n) is 8.36. The molecule has 4 fully saturated rings. The second-order valence-corrected chi connectivity index (χ2v) is 9.44. The predicted molar refractivity (Wildman–Crippen MR) is 108 cm³/mol. The number of ether oxygens (including phenoxy) is 1. The van der Waals surface area contributed by atoms with Gasteiger partial charge in [0.05, 0.1) is 17.9 Å². The van der Waals surface area contributed by atoms with Gasteiger partial charge >= 0.3 is 6.09 Å². The highest BCUT2D eigenvalue weighted by Gasteiger charge is 2.39. The number of carbonyl (C=O) groups excluding carboxylic acids is 2. The van der Waals surface area contributed by atoms with Crippen LogP contribution in [-0.4, -0.2) is 48.1 Å². The number of fused-ring (bicyclic) bond motifs is 2. The van der Waals surface area contributed by atoms with Crippen molar-refractivity contribution in [3.05, 3.63) is 24.0 Å². The number of carbonyl (C=O) groups is 2. The van der Waals surface area contributed by atoms with Gasteiger partial charge in [0.2, 0.25) is 0 Å². The molecule has 1 aromatic carbocycles. The predicted octanol–water partition coefficient (Wildman–Crippen LogP) is 3.99. The van der Waals surface area contributed by atoms with E-state index in [2.05, 4.69) is 4.90 Å². The molecule has 1 amide bonds. The monoisotopic (exact) mass is 404 g/mol. The Morgan fingerprint density at radius 2 is 1.93 bits per heavy atom. The van der Waals surface area contributed by atoms with Crippen molar-refractivity contribution in [2.45, 2.75) is 56.7 Å². The maximum atomic E-state index is 15.0. The molecule has 2 bridgehead atoms. The van der Waals surface area contributed by atoms with E-state index in [1.807, 2.05) is 23.9 Å². The zero-order valence-corrected chi connectivity index (χ0v) is 16.6. The highest BCUT2D eigenvalue weighted by Crippen LogP contribution is 2.40. The van der Waals surface area contributed by atoms with Crippen LogP contribution in [0.3, 0.4) is 0 Å². The Morgan fingerprint density at radius 3 is 2.61 bits per heavy atom. The van der Waals surface area contributed by atoms with E-state index in [9.17, 15) is 14.0 Å². The van der Waals surface area contributed by atoms with Gasteiger partial charge in [-0.05, 0) is 50.3 Å². The third kappa shape index (κ3) is 3.38. The average Bonchev–Trinajstić information content (AvgIpc) is 3.43. The van der Waals surface area contributed by atoms with Crippen LogP contribution >= 0.6 is 11.8 Å². The fourth-order valence-electron chi connectivity index (χ4n) is 4.69. The van der Waals surface area contributed by atoms with Crippen molar-refractivity contribution >= 4 is 35.0 Å². The molecule has 5 nitrogen and oxygen atoms in total. The molecule has 28 heavy (non-hydrogen) atoms. The number of hydrogen-bond donors (Lipinski definition) is 0. The average molecular weight is 405 g/mol. The van der Waals surface area contributed by atoms with E-state index >= 15 is 0 Å².